The molecule has 0 atom stereocenters. The molecule has 1 fully saturated rings. The molecule has 0 bridgehead atoms. The quantitative estimate of drug-likeness (QED) is 0.607. The summed E-state index contributed by atoms with van der Waals surface area (Å²) in [5, 5.41) is 2.57. The Morgan fingerprint density at radius 1 is 1.35 bits per heavy atom. The van der Waals surface area contributed by atoms with Gasteiger partial charge in [0.1, 0.15) is 5.82 Å². The molecule has 6 heteroatoms. The molecule has 1 aliphatic rings. The number of ether oxygens (including phenoxy) is 1. The van der Waals surface area contributed by atoms with Crippen LogP contribution in [0.1, 0.15) is 36.5 Å². The summed E-state index contributed by atoms with van der Waals surface area (Å²) in [6.45, 7) is 6.32. The van der Waals surface area contributed by atoms with Crippen LogP contribution in [0.3, 0.4) is 0 Å². The highest BCUT2D eigenvalue weighted by atomic mass is 19.1. The lowest BCUT2D eigenvalue weighted by atomic mass is 10.2. The molecule has 2 N–H and O–H groups in total. The van der Waals surface area contributed by atoms with E-state index in [0.717, 1.165) is 13.0 Å². The number of benzene rings is 1. The Labute approximate surface area is 136 Å². The van der Waals surface area contributed by atoms with E-state index in [-0.39, 0.29) is 11.6 Å². The molecular formula is C17H25FN3O2+. The van der Waals surface area contributed by atoms with Crippen LogP contribution in [0, 0.1) is 5.82 Å². The molecule has 23 heavy (non-hydrogen) atoms. The van der Waals surface area contributed by atoms with Gasteiger partial charge in [0.2, 0.25) is 0 Å². The maximum absolute atomic E-state index is 13.7. The van der Waals surface area contributed by atoms with E-state index in [0.29, 0.717) is 13.2 Å². The van der Waals surface area contributed by atoms with Crippen molar-refractivity contribution in [2.45, 2.75) is 26.2 Å². The minimum atomic E-state index is -0.554. The number of rotatable bonds is 6. The van der Waals surface area contributed by atoms with Crippen LogP contribution in [0.15, 0.2) is 29.3 Å². The van der Waals surface area contributed by atoms with Crippen LogP contribution in [0.5, 0.6) is 0 Å². The van der Waals surface area contributed by atoms with Gasteiger partial charge >= 0.3 is 0 Å². The van der Waals surface area contributed by atoms with Crippen LogP contribution in [-0.4, -0.2) is 44.7 Å². The second-order valence-electron chi connectivity index (χ2n) is 5.68. The zero-order chi connectivity index (χ0) is 16.5. The Morgan fingerprint density at radius 2 is 2.09 bits per heavy atom. The number of amides is 1. The maximum atomic E-state index is 13.7. The van der Waals surface area contributed by atoms with Crippen LogP contribution in [0.25, 0.3) is 0 Å². The normalized spacial score (nSPS) is 15.7. The van der Waals surface area contributed by atoms with Crippen LogP contribution < -0.4 is 10.2 Å². The van der Waals surface area contributed by atoms with Crippen molar-refractivity contribution in [1.82, 2.24) is 5.32 Å². The molecule has 1 amide bonds. The molecule has 1 aromatic rings. The van der Waals surface area contributed by atoms with Gasteiger partial charge in [0.25, 0.3) is 11.9 Å². The Bertz CT molecular complexity index is 542. The Kier molecular flexibility index (Phi) is 7.00. The molecule has 0 aliphatic carbocycles. The zero-order valence-corrected chi connectivity index (χ0v) is 13.6. The van der Waals surface area contributed by atoms with E-state index in [1.54, 1.807) is 12.1 Å². The molecule has 0 saturated carbocycles. The van der Waals surface area contributed by atoms with Gasteiger partial charge in [-0.1, -0.05) is 19.1 Å². The standard InChI is InChI=1S/C17H24FN3O2/c1-2-13-23-17(19-9-12-21-10-5-6-11-21)20-16(22)14-7-3-4-8-15(14)18/h3-4,7-8H,2,5-6,9-13H2,1H3,(H,19,20,22)/p+1. The number of halogens is 1. The van der Waals surface area contributed by atoms with Crippen molar-refractivity contribution >= 4 is 11.9 Å². The zero-order valence-electron chi connectivity index (χ0n) is 13.6. The minimum absolute atomic E-state index is 0.00883. The molecule has 1 aliphatic heterocycles. The summed E-state index contributed by atoms with van der Waals surface area (Å²) in [5.74, 6) is -1.09. The number of nitrogens with zero attached hydrogens (tertiary/aromatic N) is 1. The number of carbonyl (C=O) groups is 1. The lowest BCUT2D eigenvalue weighted by molar-refractivity contribution is -0.885. The first-order valence-electron chi connectivity index (χ1n) is 8.27. The number of hydrogen-bond donors (Lipinski definition) is 2. The molecule has 126 valence electrons. The lowest BCUT2D eigenvalue weighted by Gasteiger charge is -2.12. The summed E-state index contributed by atoms with van der Waals surface area (Å²) < 4.78 is 19.1. The van der Waals surface area contributed by atoms with Gasteiger partial charge in [-0.3, -0.25) is 10.1 Å². The third kappa shape index (κ3) is 5.63. The predicted octanol–water partition coefficient (Wildman–Crippen LogP) is 1.02. The minimum Gasteiger partial charge on any atom is -0.465 e. The van der Waals surface area contributed by atoms with Gasteiger partial charge in [-0.2, -0.15) is 0 Å². The predicted molar refractivity (Wildman–Crippen MR) is 87.2 cm³/mol. The molecule has 1 saturated heterocycles. The van der Waals surface area contributed by atoms with Crippen molar-refractivity contribution in [2.24, 2.45) is 4.99 Å². The molecule has 0 spiro atoms. The van der Waals surface area contributed by atoms with Crippen LogP contribution in [-0.2, 0) is 4.74 Å². The highest BCUT2D eigenvalue weighted by molar-refractivity contribution is 6.04. The summed E-state index contributed by atoms with van der Waals surface area (Å²) >= 11 is 0. The summed E-state index contributed by atoms with van der Waals surface area (Å²) in [5.41, 5.74) is -0.00883. The molecule has 1 heterocycles. The summed E-state index contributed by atoms with van der Waals surface area (Å²) in [6.07, 6.45) is 3.34. The number of aliphatic imine (C=N–C) groups is 1. The van der Waals surface area contributed by atoms with Gasteiger partial charge in [0.05, 0.1) is 38.3 Å². The molecule has 5 nitrogen and oxygen atoms in total. The molecule has 0 radical (unpaired) electrons. The molecular weight excluding hydrogens is 297 g/mol. The van der Waals surface area contributed by atoms with Gasteiger partial charge in [-0.05, 0) is 18.6 Å². The van der Waals surface area contributed by atoms with Gasteiger partial charge < -0.3 is 9.64 Å². The topological polar surface area (TPSA) is 55.1 Å². The number of likely N-dealkylation sites (tertiary alicyclic amines) is 1. The first-order chi connectivity index (χ1) is 11.2. The summed E-state index contributed by atoms with van der Waals surface area (Å²) in [6, 6.07) is 6.05. The highest BCUT2D eigenvalue weighted by Gasteiger charge is 2.16. The van der Waals surface area contributed by atoms with Crippen molar-refractivity contribution in [3.63, 3.8) is 0 Å². The van der Waals surface area contributed by atoms with E-state index < -0.39 is 11.7 Å². The average Bonchev–Trinajstić information content (AvgIpc) is 3.06. The van der Waals surface area contributed by atoms with E-state index >= 15 is 0 Å². The van der Waals surface area contributed by atoms with Gasteiger partial charge in [0.15, 0.2) is 0 Å². The van der Waals surface area contributed by atoms with Crippen LogP contribution >= 0.6 is 0 Å². The first-order valence-corrected chi connectivity index (χ1v) is 8.27. The van der Waals surface area contributed by atoms with Crippen molar-refractivity contribution < 1.29 is 18.8 Å². The number of carbonyl (C=O) groups excluding carboxylic acids is 1. The van der Waals surface area contributed by atoms with Gasteiger partial charge in [0, 0.05) is 12.8 Å². The van der Waals surface area contributed by atoms with Crippen LogP contribution in [0.4, 0.5) is 4.39 Å². The second-order valence-corrected chi connectivity index (χ2v) is 5.68. The molecule has 2 rings (SSSR count). The number of quaternary nitrogens is 1. The van der Waals surface area contributed by atoms with Crippen molar-refractivity contribution in [2.75, 3.05) is 32.8 Å². The van der Waals surface area contributed by atoms with Gasteiger partial charge in [-0.25, -0.2) is 9.38 Å². The first kappa shape index (κ1) is 17.4. The fourth-order valence-electron chi connectivity index (χ4n) is 2.57. The lowest BCUT2D eigenvalue weighted by Crippen LogP contribution is -3.10. The second kappa shape index (κ2) is 9.25. The third-order valence-electron chi connectivity index (χ3n) is 3.81. The van der Waals surface area contributed by atoms with Crippen LogP contribution in [0.2, 0.25) is 0 Å². The Hall–Kier alpha value is -1.95. The Balaban J connectivity index is 1.93. The molecule has 1 aromatic carbocycles. The summed E-state index contributed by atoms with van der Waals surface area (Å²) in [7, 11) is 0. The number of nitrogens with one attached hydrogen (secondary N) is 2. The van der Waals surface area contributed by atoms with Gasteiger partial charge in [-0.15, -0.1) is 0 Å². The average molecular weight is 322 g/mol. The Morgan fingerprint density at radius 3 is 2.78 bits per heavy atom. The van der Waals surface area contributed by atoms with Crippen molar-refractivity contribution in [3.05, 3.63) is 35.6 Å². The highest BCUT2D eigenvalue weighted by Crippen LogP contribution is 2.05. The van der Waals surface area contributed by atoms with E-state index in [1.165, 1.54) is 43.0 Å². The SMILES string of the molecule is CCCOC(=NCC[NH+]1CCCC1)NC(=O)c1ccccc1F. The number of hydrogen-bond acceptors (Lipinski definition) is 3. The fraction of sp³-hybridized carbons (Fsp3) is 0.529. The maximum Gasteiger partial charge on any atom is 0.291 e. The number of amidine groups is 1. The van der Waals surface area contributed by atoms with E-state index in [4.69, 9.17) is 4.74 Å². The third-order valence-corrected chi connectivity index (χ3v) is 3.81. The monoisotopic (exact) mass is 322 g/mol. The fourth-order valence-corrected chi connectivity index (χ4v) is 2.57. The van der Waals surface area contributed by atoms with E-state index in [1.807, 2.05) is 6.92 Å². The van der Waals surface area contributed by atoms with E-state index in [9.17, 15) is 9.18 Å². The van der Waals surface area contributed by atoms with E-state index in [2.05, 4.69) is 10.3 Å². The molecule has 0 aromatic heterocycles. The molecule has 0 unspecified atom stereocenters. The van der Waals surface area contributed by atoms with Crippen molar-refractivity contribution in [3.8, 4) is 0 Å². The smallest absolute Gasteiger partial charge is 0.291 e. The summed E-state index contributed by atoms with van der Waals surface area (Å²) in [4.78, 5) is 18.0. The van der Waals surface area contributed by atoms with Crippen molar-refractivity contribution in [1.29, 1.82) is 0 Å². The largest absolute Gasteiger partial charge is 0.465 e.